The van der Waals surface area contributed by atoms with Gasteiger partial charge in [-0.05, 0) is 77.0 Å². The van der Waals surface area contributed by atoms with Crippen LogP contribution in [-0.2, 0) is 16.4 Å². The zero-order valence-electron chi connectivity index (χ0n) is 14.8. The van der Waals surface area contributed by atoms with E-state index >= 15 is 0 Å². The maximum absolute atomic E-state index is 12.8. The SMILES string of the molecule is CCN(CC)S(=O)(=O)c1ccc2c(c1)CCN2C(=O)c1ccc(I)cc1. The van der Waals surface area contributed by atoms with Gasteiger partial charge < -0.3 is 4.90 Å². The molecule has 0 unspecified atom stereocenters. The summed E-state index contributed by atoms with van der Waals surface area (Å²) in [4.78, 5) is 14.8. The molecule has 0 aromatic heterocycles. The van der Waals surface area contributed by atoms with Gasteiger partial charge in [0.25, 0.3) is 5.91 Å². The number of hydrogen-bond donors (Lipinski definition) is 0. The fraction of sp³-hybridized carbons (Fsp3) is 0.316. The van der Waals surface area contributed by atoms with Crippen LogP contribution in [0.5, 0.6) is 0 Å². The first kappa shape index (κ1) is 19.3. The van der Waals surface area contributed by atoms with E-state index < -0.39 is 10.0 Å². The highest BCUT2D eigenvalue weighted by atomic mass is 127. The molecule has 0 N–H and O–H groups in total. The van der Waals surface area contributed by atoms with Gasteiger partial charge in [-0.25, -0.2) is 8.42 Å². The van der Waals surface area contributed by atoms with Crippen LogP contribution in [0.15, 0.2) is 47.4 Å². The molecule has 0 fully saturated rings. The molecule has 1 aliphatic rings. The van der Waals surface area contributed by atoms with Gasteiger partial charge >= 0.3 is 0 Å². The van der Waals surface area contributed by atoms with Crippen molar-refractivity contribution in [1.82, 2.24) is 4.31 Å². The minimum absolute atomic E-state index is 0.0560. The molecule has 7 heteroatoms. The molecule has 1 amide bonds. The Morgan fingerprint density at radius 2 is 1.77 bits per heavy atom. The van der Waals surface area contributed by atoms with E-state index in [0.717, 1.165) is 14.8 Å². The number of sulfonamides is 1. The molecule has 0 saturated heterocycles. The third-order valence-electron chi connectivity index (χ3n) is 4.63. The second-order valence-corrected chi connectivity index (χ2v) is 9.28. The molecule has 1 heterocycles. The summed E-state index contributed by atoms with van der Waals surface area (Å²) < 4.78 is 27.9. The molecule has 0 bridgehead atoms. The van der Waals surface area contributed by atoms with Gasteiger partial charge in [-0.1, -0.05) is 13.8 Å². The molecule has 0 spiro atoms. The number of fused-ring (bicyclic) bond motifs is 1. The van der Waals surface area contributed by atoms with Crippen molar-refractivity contribution < 1.29 is 13.2 Å². The van der Waals surface area contributed by atoms with Gasteiger partial charge in [-0.15, -0.1) is 0 Å². The first-order chi connectivity index (χ1) is 12.4. The number of rotatable bonds is 5. The van der Waals surface area contributed by atoms with Gasteiger partial charge in [0, 0.05) is 34.5 Å². The van der Waals surface area contributed by atoms with Crippen LogP contribution in [0.4, 0.5) is 5.69 Å². The van der Waals surface area contributed by atoms with E-state index in [1.165, 1.54) is 4.31 Å². The van der Waals surface area contributed by atoms with E-state index in [9.17, 15) is 13.2 Å². The summed E-state index contributed by atoms with van der Waals surface area (Å²) >= 11 is 2.20. The lowest BCUT2D eigenvalue weighted by atomic mass is 10.1. The first-order valence-electron chi connectivity index (χ1n) is 8.59. The van der Waals surface area contributed by atoms with Gasteiger partial charge in [0.1, 0.15) is 0 Å². The molecule has 0 radical (unpaired) electrons. The molecular formula is C19H21IN2O3S. The van der Waals surface area contributed by atoms with Crippen LogP contribution in [0.25, 0.3) is 0 Å². The average molecular weight is 484 g/mol. The predicted octanol–water partition coefficient (Wildman–Crippen LogP) is 3.52. The number of amides is 1. The Balaban J connectivity index is 1.91. The number of hydrogen-bond acceptors (Lipinski definition) is 3. The molecule has 5 nitrogen and oxygen atoms in total. The summed E-state index contributed by atoms with van der Waals surface area (Å²) in [7, 11) is -3.49. The fourth-order valence-corrected chi connectivity index (χ4v) is 5.08. The van der Waals surface area contributed by atoms with E-state index in [4.69, 9.17) is 0 Å². The molecule has 0 aliphatic carbocycles. The fourth-order valence-electron chi connectivity index (χ4n) is 3.21. The summed E-state index contributed by atoms with van der Waals surface area (Å²) in [6.45, 7) is 5.10. The van der Waals surface area contributed by atoms with Gasteiger partial charge in [-0.2, -0.15) is 4.31 Å². The molecule has 138 valence electrons. The Morgan fingerprint density at radius 3 is 2.38 bits per heavy atom. The van der Waals surface area contributed by atoms with Crippen molar-refractivity contribution in [3.05, 3.63) is 57.2 Å². The van der Waals surface area contributed by atoms with Crippen molar-refractivity contribution in [2.24, 2.45) is 0 Å². The number of carbonyl (C=O) groups is 1. The zero-order chi connectivity index (χ0) is 18.9. The number of anilines is 1. The summed E-state index contributed by atoms with van der Waals surface area (Å²) in [5.74, 6) is -0.0560. The molecule has 2 aromatic rings. The maximum atomic E-state index is 12.8. The molecule has 2 aromatic carbocycles. The number of benzene rings is 2. The van der Waals surface area contributed by atoms with E-state index in [-0.39, 0.29) is 5.91 Å². The third kappa shape index (κ3) is 3.52. The number of halogens is 1. The molecule has 1 aliphatic heterocycles. The normalized spacial score (nSPS) is 13.9. The molecule has 26 heavy (non-hydrogen) atoms. The topological polar surface area (TPSA) is 57.7 Å². The van der Waals surface area contributed by atoms with Crippen molar-refractivity contribution in [2.45, 2.75) is 25.2 Å². The third-order valence-corrected chi connectivity index (χ3v) is 7.39. The van der Waals surface area contributed by atoms with Crippen molar-refractivity contribution in [3.63, 3.8) is 0 Å². The van der Waals surface area contributed by atoms with Gasteiger partial charge in [0.05, 0.1) is 4.90 Å². The Bertz CT molecular complexity index is 922. The van der Waals surface area contributed by atoms with Crippen LogP contribution < -0.4 is 4.90 Å². The summed E-state index contributed by atoms with van der Waals surface area (Å²) in [6.07, 6.45) is 0.660. The predicted molar refractivity (Wildman–Crippen MR) is 111 cm³/mol. The average Bonchev–Trinajstić information content (AvgIpc) is 3.05. The summed E-state index contributed by atoms with van der Waals surface area (Å²) in [6, 6.07) is 12.5. The van der Waals surface area contributed by atoms with Crippen LogP contribution in [-0.4, -0.2) is 38.3 Å². The maximum Gasteiger partial charge on any atom is 0.258 e. The second-order valence-electron chi connectivity index (χ2n) is 6.09. The lowest BCUT2D eigenvalue weighted by Gasteiger charge is -2.20. The summed E-state index contributed by atoms with van der Waals surface area (Å²) in [5.41, 5.74) is 2.34. The van der Waals surface area contributed by atoms with Crippen LogP contribution in [0.1, 0.15) is 29.8 Å². The molecule has 0 atom stereocenters. The minimum atomic E-state index is -3.49. The highest BCUT2D eigenvalue weighted by Crippen LogP contribution is 2.32. The largest absolute Gasteiger partial charge is 0.308 e. The Kier molecular flexibility index (Phi) is 5.69. The quantitative estimate of drug-likeness (QED) is 0.611. The Hall–Kier alpha value is -1.45. The molecular weight excluding hydrogens is 463 g/mol. The lowest BCUT2D eigenvalue weighted by Crippen LogP contribution is -2.30. The number of nitrogens with zero attached hydrogens (tertiary/aromatic N) is 2. The van der Waals surface area contributed by atoms with Crippen molar-refractivity contribution >= 4 is 44.2 Å². The Labute approximate surface area is 168 Å². The highest BCUT2D eigenvalue weighted by Gasteiger charge is 2.28. The monoisotopic (exact) mass is 484 g/mol. The van der Waals surface area contributed by atoms with E-state index in [1.54, 1.807) is 23.1 Å². The van der Waals surface area contributed by atoms with Crippen LogP contribution in [0, 0.1) is 3.57 Å². The standard InChI is InChI=1S/C19H21IN2O3S/c1-3-21(4-2)26(24,25)17-9-10-18-15(13-17)11-12-22(18)19(23)14-5-7-16(20)8-6-14/h5-10,13H,3-4,11-12H2,1-2H3. The smallest absolute Gasteiger partial charge is 0.258 e. The molecule has 0 saturated carbocycles. The minimum Gasteiger partial charge on any atom is -0.308 e. The van der Waals surface area contributed by atoms with Gasteiger partial charge in [0.15, 0.2) is 0 Å². The van der Waals surface area contributed by atoms with Crippen LogP contribution >= 0.6 is 22.6 Å². The van der Waals surface area contributed by atoms with Gasteiger partial charge in [0.2, 0.25) is 10.0 Å². The number of carbonyl (C=O) groups excluding carboxylic acids is 1. The highest BCUT2D eigenvalue weighted by molar-refractivity contribution is 14.1. The summed E-state index contributed by atoms with van der Waals surface area (Å²) in [5, 5.41) is 0. The lowest BCUT2D eigenvalue weighted by molar-refractivity contribution is 0.0989. The van der Waals surface area contributed by atoms with E-state index in [1.807, 2.05) is 38.1 Å². The van der Waals surface area contributed by atoms with Crippen LogP contribution in [0.2, 0.25) is 0 Å². The van der Waals surface area contributed by atoms with E-state index in [0.29, 0.717) is 36.5 Å². The van der Waals surface area contributed by atoms with Crippen LogP contribution in [0.3, 0.4) is 0 Å². The van der Waals surface area contributed by atoms with E-state index in [2.05, 4.69) is 22.6 Å². The van der Waals surface area contributed by atoms with Crippen molar-refractivity contribution in [3.8, 4) is 0 Å². The Morgan fingerprint density at radius 1 is 1.12 bits per heavy atom. The molecule has 3 rings (SSSR count). The zero-order valence-corrected chi connectivity index (χ0v) is 17.7. The second kappa shape index (κ2) is 7.66. The van der Waals surface area contributed by atoms with Gasteiger partial charge in [-0.3, -0.25) is 4.79 Å². The van der Waals surface area contributed by atoms with Crippen molar-refractivity contribution in [1.29, 1.82) is 0 Å². The first-order valence-corrected chi connectivity index (χ1v) is 11.1. The van der Waals surface area contributed by atoms with Crippen molar-refractivity contribution in [2.75, 3.05) is 24.5 Å².